The molecule has 2 aromatic carbocycles. The van der Waals surface area contributed by atoms with E-state index in [1.165, 1.54) is 6.07 Å². The van der Waals surface area contributed by atoms with Crippen LogP contribution in [0.5, 0.6) is 5.75 Å². The van der Waals surface area contributed by atoms with E-state index in [4.69, 9.17) is 16.3 Å². The van der Waals surface area contributed by atoms with E-state index in [-0.39, 0.29) is 11.4 Å². The van der Waals surface area contributed by atoms with Gasteiger partial charge in [0.25, 0.3) is 0 Å². The number of halogens is 3. The highest BCUT2D eigenvalue weighted by molar-refractivity contribution is 9.10. The van der Waals surface area contributed by atoms with Crippen molar-refractivity contribution >= 4 is 27.5 Å². The van der Waals surface area contributed by atoms with Crippen LogP contribution in [0.2, 0.25) is 5.02 Å². The topological polar surface area (TPSA) is 29.5 Å². The minimum atomic E-state index is -0.721. The summed E-state index contributed by atoms with van der Waals surface area (Å²) in [5.41, 5.74) is 1.27. The second-order valence-corrected chi connectivity index (χ2v) is 6.05. The fourth-order valence-corrected chi connectivity index (χ4v) is 2.80. The van der Waals surface area contributed by atoms with Crippen LogP contribution in [-0.4, -0.2) is 18.3 Å². The molecule has 0 aliphatic rings. The second kappa shape index (κ2) is 7.25. The van der Waals surface area contributed by atoms with E-state index in [1.807, 2.05) is 18.2 Å². The molecule has 1 N–H and O–H groups in total. The van der Waals surface area contributed by atoms with Crippen LogP contribution in [0.3, 0.4) is 0 Å². The zero-order chi connectivity index (χ0) is 15.4. The Labute approximate surface area is 136 Å². The van der Waals surface area contributed by atoms with Gasteiger partial charge in [-0.2, -0.15) is 0 Å². The Morgan fingerprint density at radius 2 is 1.95 bits per heavy atom. The zero-order valence-corrected chi connectivity index (χ0v) is 13.8. The Hall–Kier alpha value is -1.10. The molecule has 1 unspecified atom stereocenters. The van der Waals surface area contributed by atoms with Crippen LogP contribution < -0.4 is 4.74 Å². The summed E-state index contributed by atoms with van der Waals surface area (Å²) in [6, 6.07) is 10.4. The summed E-state index contributed by atoms with van der Waals surface area (Å²) in [6.07, 6.45) is -0.155. The lowest BCUT2D eigenvalue weighted by molar-refractivity contribution is 0.173. The number of aliphatic hydroxyl groups is 1. The van der Waals surface area contributed by atoms with Crippen molar-refractivity contribution in [1.82, 2.24) is 0 Å². The van der Waals surface area contributed by atoms with Gasteiger partial charge >= 0.3 is 0 Å². The first-order valence-corrected chi connectivity index (χ1v) is 7.61. The van der Waals surface area contributed by atoms with E-state index in [9.17, 15) is 9.50 Å². The number of rotatable bonds is 5. The quantitative estimate of drug-likeness (QED) is 0.842. The molecular weight excluding hydrogens is 359 g/mol. The van der Waals surface area contributed by atoms with E-state index in [1.54, 1.807) is 19.2 Å². The van der Waals surface area contributed by atoms with Gasteiger partial charge in [-0.1, -0.05) is 39.7 Å². The number of aliphatic hydroxyl groups excluding tert-OH is 1. The lowest BCUT2D eigenvalue weighted by Gasteiger charge is -2.14. The average molecular weight is 374 g/mol. The van der Waals surface area contributed by atoms with Gasteiger partial charge in [-0.05, 0) is 35.4 Å². The van der Waals surface area contributed by atoms with E-state index in [0.29, 0.717) is 17.7 Å². The third-order valence-corrected chi connectivity index (χ3v) is 3.97. The molecule has 0 aliphatic heterocycles. The molecule has 5 heteroatoms. The van der Waals surface area contributed by atoms with Crippen molar-refractivity contribution in [3.63, 3.8) is 0 Å². The van der Waals surface area contributed by atoms with Gasteiger partial charge in [0.05, 0.1) is 18.2 Å². The summed E-state index contributed by atoms with van der Waals surface area (Å²) >= 11 is 9.13. The maximum Gasteiger partial charge on any atom is 0.145 e. The molecule has 2 nitrogen and oxygen atoms in total. The normalized spacial score (nSPS) is 12.2. The lowest BCUT2D eigenvalue weighted by atomic mass is 10.0. The first kappa shape index (κ1) is 16.3. The SMILES string of the molecule is COc1ccc(Br)cc1CC(O)Cc1cccc(Cl)c1F. The number of hydrogen-bond acceptors (Lipinski definition) is 2. The molecule has 0 saturated heterocycles. The van der Waals surface area contributed by atoms with Crippen molar-refractivity contribution in [2.45, 2.75) is 18.9 Å². The van der Waals surface area contributed by atoms with Gasteiger partial charge in [0.15, 0.2) is 0 Å². The lowest BCUT2D eigenvalue weighted by Crippen LogP contribution is -2.15. The second-order valence-electron chi connectivity index (χ2n) is 4.73. The first-order chi connectivity index (χ1) is 10.0. The predicted molar refractivity (Wildman–Crippen MR) is 85.5 cm³/mol. The fraction of sp³-hybridized carbons (Fsp3) is 0.250. The summed E-state index contributed by atoms with van der Waals surface area (Å²) < 4.78 is 20.0. The van der Waals surface area contributed by atoms with Gasteiger partial charge in [-0.15, -0.1) is 0 Å². The molecule has 0 radical (unpaired) electrons. The van der Waals surface area contributed by atoms with Crippen LogP contribution in [-0.2, 0) is 12.8 Å². The predicted octanol–water partition coefficient (Wildman–Crippen LogP) is 4.40. The van der Waals surface area contributed by atoms with Crippen molar-refractivity contribution in [2.75, 3.05) is 7.11 Å². The number of benzene rings is 2. The fourth-order valence-electron chi connectivity index (χ4n) is 2.19. The number of methoxy groups -OCH3 is 1. The molecule has 1 atom stereocenters. The Morgan fingerprint density at radius 1 is 1.24 bits per heavy atom. The van der Waals surface area contributed by atoms with Gasteiger partial charge < -0.3 is 9.84 Å². The number of ether oxygens (including phenoxy) is 1. The van der Waals surface area contributed by atoms with E-state index < -0.39 is 11.9 Å². The minimum absolute atomic E-state index is 0.0692. The molecule has 0 aromatic heterocycles. The number of hydrogen-bond donors (Lipinski definition) is 1. The molecule has 2 aromatic rings. The van der Waals surface area contributed by atoms with Crippen LogP contribution in [0.25, 0.3) is 0 Å². The van der Waals surface area contributed by atoms with E-state index >= 15 is 0 Å². The van der Waals surface area contributed by atoms with Gasteiger partial charge in [0, 0.05) is 17.3 Å². The highest BCUT2D eigenvalue weighted by Crippen LogP contribution is 2.25. The van der Waals surface area contributed by atoms with Crippen LogP contribution >= 0.6 is 27.5 Å². The van der Waals surface area contributed by atoms with Crippen molar-refractivity contribution in [3.8, 4) is 5.75 Å². The largest absolute Gasteiger partial charge is 0.496 e. The van der Waals surface area contributed by atoms with Crippen LogP contribution in [0.4, 0.5) is 4.39 Å². The maximum atomic E-state index is 13.8. The van der Waals surface area contributed by atoms with Crippen molar-refractivity contribution in [2.24, 2.45) is 0 Å². The summed E-state index contributed by atoms with van der Waals surface area (Å²) in [4.78, 5) is 0. The van der Waals surface area contributed by atoms with Gasteiger partial charge in [0.1, 0.15) is 11.6 Å². The monoisotopic (exact) mass is 372 g/mol. The summed E-state index contributed by atoms with van der Waals surface area (Å²) in [6.45, 7) is 0. The molecule has 0 bridgehead atoms. The van der Waals surface area contributed by atoms with Crippen molar-refractivity contribution < 1.29 is 14.2 Å². The molecule has 0 amide bonds. The standard InChI is InChI=1S/C16H15BrClFO2/c1-21-15-6-5-12(17)7-11(15)9-13(20)8-10-3-2-4-14(18)16(10)19/h2-7,13,20H,8-9H2,1H3. The smallest absolute Gasteiger partial charge is 0.145 e. The Bertz CT molecular complexity index is 634. The highest BCUT2D eigenvalue weighted by Gasteiger charge is 2.14. The average Bonchev–Trinajstić information content (AvgIpc) is 2.44. The summed E-state index contributed by atoms with van der Waals surface area (Å²) in [5.74, 6) is 0.225. The molecule has 21 heavy (non-hydrogen) atoms. The molecule has 0 heterocycles. The highest BCUT2D eigenvalue weighted by atomic mass is 79.9. The maximum absolute atomic E-state index is 13.8. The molecule has 2 rings (SSSR count). The van der Waals surface area contributed by atoms with Gasteiger partial charge in [-0.3, -0.25) is 0 Å². The van der Waals surface area contributed by atoms with E-state index in [0.717, 1.165) is 10.0 Å². The first-order valence-electron chi connectivity index (χ1n) is 6.44. The summed E-state index contributed by atoms with van der Waals surface area (Å²) in [5, 5.41) is 10.3. The van der Waals surface area contributed by atoms with Crippen LogP contribution in [0.15, 0.2) is 40.9 Å². The van der Waals surface area contributed by atoms with Gasteiger partial charge in [0.2, 0.25) is 0 Å². The van der Waals surface area contributed by atoms with Crippen molar-refractivity contribution in [1.29, 1.82) is 0 Å². The molecular formula is C16H15BrClFO2. The Kier molecular flexibility index (Phi) is 5.62. The third kappa shape index (κ3) is 4.19. The van der Waals surface area contributed by atoms with Crippen LogP contribution in [0.1, 0.15) is 11.1 Å². The summed E-state index contributed by atoms with van der Waals surface area (Å²) in [7, 11) is 1.58. The molecule has 0 saturated carbocycles. The molecule has 0 fully saturated rings. The Balaban J connectivity index is 2.13. The van der Waals surface area contributed by atoms with Crippen LogP contribution in [0, 0.1) is 5.82 Å². The van der Waals surface area contributed by atoms with Crippen molar-refractivity contribution in [3.05, 3.63) is 62.8 Å². The Morgan fingerprint density at radius 3 is 2.67 bits per heavy atom. The molecule has 0 spiro atoms. The minimum Gasteiger partial charge on any atom is -0.496 e. The van der Waals surface area contributed by atoms with E-state index in [2.05, 4.69) is 15.9 Å². The zero-order valence-electron chi connectivity index (χ0n) is 11.4. The van der Waals surface area contributed by atoms with Gasteiger partial charge in [-0.25, -0.2) is 4.39 Å². The third-order valence-electron chi connectivity index (χ3n) is 3.19. The molecule has 0 aliphatic carbocycles. The molecule has 112 valence electrons.